The Bertz CT molecular complexity index is 521. The van der Waals surface area contributed by atoms with Gasteiger partial charge in [-0.25, -0.2) is 4.98 Å². The van der Waals surface area contributed by atoms with Crippen molar-refractivity contribution >= 4 is 11.6 Å². The first-order chi connectivity index (χ1) is 11.2. The monoisotopic (exact) mass is 340 g/mol. The summed E-state index contributed by atoms with van der Waals surface area (Å²) in [7, 11) is 0. The summed E-state index contributed by atoms with van der Waals surface area (Å²) in [6.07, 6.45) is 6.63. The molecule has 23 heavy (non-hydrogen) atoms. The van der Waals surface area contributed by atoms with Crippen LogP contribution in [-0.2, 0) is 13.0 Å². The molecule has 2 aliphatic rings. The molecule has 2 atom stereocenters. The number of aryl methyl sites for hydroxylation is 1. The minimum Gasteiger partial charge on any atom is -0.396 e. The number of H-pyrrole nitrogens is 1. The smallest absolute Gasteiger partial charge is 0.151 e. The second kappa shape index (κ2) is 7.51. The van der Waals surface area contributed by atoms with Crippen LogP contribution in [0.4, 0.5) is 0 Å². The van der Waals surface area contributed by atoms with Crippen LogP contribution in [0.2, 0.25) is 5.15 Å². The van der Waals surface area contributed by atoms with Crippen molar-refractivity contribution in [3.8, 4) is 0 Å². The Morgan fingerprint density at radius 2 is 2.30 bits per heavy atom. The Morgan fingerprint density at radius 3 is 3.09 bits per heavy atom. The van der Waals surface area contributed by atoms with E-state index in [0.717, 1.165) is 69.8 Å². The molecule has 3 rings (SSSR count). The molecule has 0 bridgehead atoms. The number of halogens is 1. The number of nitrogens with one attached hydrogen (secondary N) is 2. The van der Waals surface area contributed by atoms with Crippen LogP contribution in [0.15, 0.2) is 0 Å². The van der Waals surface area contributed by atoms with Gasteiger partial charge in [0.05, 0.1) is 12.3 Å². The van der Waals surface area contributed by atoms with E-state index in [1.807, 2.05) is 0 Å². The lowest BCUT2D eigenvalue weighted by atomic mass is 9.70. The molecule has 0 aliphatic carbocycles. The van der Waals surface area contributed by atoms with Crippen molar-refractivity contribution in [2.24, 2.45) is 5.41 Å². The molecule has 5 nitrogen and oxygen atoms in total. The van der Waals surface area contributed by atoms with E-state index in [4.69, 9.17) is 11.6 Å². The first kappa shape index (κ1) is 17.2. The molecule has 2 aliphatic heterocycles. The number of rotatable bonds is 6. The van der Waals surface area contributed by atoms with E-state index in [-0.39, 0.29) is 5.41 Å². The highest BCUT2D eigenvalue weighted by molar-refractivity contribution is 6.30. The number of likely N-dealkylation sites (tertiary alicyclic amines) is 1. The number of hydrogen-bond acceptors (Lipinski definition) is 4. The quantitative estimate of drug-likeness (QED) is 0.743. The molecule has 1 aromatic heterocycles. The zero-order chi connectivity index (χ0) is 16.3. The number of imidazole rings is 1. The van der Waals surface area contributed by atoms with Gasteiger partial charge in [-0.15, -0.1) is 0 Å². The van der Waals surface area contributed by atoms with Crippen molar-refractivity contribution in [2.75, 3.05) is 26.2 Å². The molecule has 6 heteroatoms. The zero-order valence-corrected chi connectivity index (χ0v) is 14.8. The fraction of sp³-hybridized carbons (Fsp3) is 0.824. The number of aromatic amines is 1. The fourth-order valence-electron chi connectivity index (χ4n) is 4.04. The van der Waals surface area contributed by atoms with Gasteiger partial charge in [-0.3, -0.25) is 4.90 Å². The van der Waals surface area contributed by atoms with E-state index in [2.05, 4.69) is 27.1 Å². The number of hydrogen-bond donors (Lipinski definition) is 3. The van der Waals surface area contributed by atoms with Gasteiger partial charge in [0, 0.05) is 31.0 Å². The van der Waals surface area contributed by atoms with Gasteiger partial charge >= 0.3 is 0 Å². The highest BCUT2D eigenvalue weighted by Crippen LogP contribution is 2.38. The van der Waals surface area contributed by atoms with Crippen LogP contribution in [0, 0.1) is 5.41 Å². The predicted octanol–water partition coefficient (Wildman–Crippen LogP) is 2.34. The number of aliphatic hydroxyl groups is 1. The summed E-state index contributed by atoms with van der Waals surface area (Å²) in [5.74, 6) is 1.00. The highest BCUT2D eigenvalue weighted by Gasteiger charge is 2.43. The minimum atomic E-state index is 0.0822. The molecule has 0 unspecified atom stereocenters. The van der Waals surface area contributed by atoms with Gasteiger partial charge in [-0.1, -0.05) is 24.9 Å². The third kappa shape index (κ3) is 3.73. The minimum absolute atomic E-state index is 0.0822. The number of unbranched alkanes of at least 4 members (excludes halogenated alkanes) is 1. The molecule has 0 spiro atoms. The number of aromatic nitrogens is 2. The van der Waals surface area contributed by atoms with Crippen LogP contribution in [-0.4, -0.2) is 52.3 Å². The first-order valence-corrected chi connectivity index (χ1v) is 9.34. The summed E-state index contributed by atoms with van der Waals surface area (Å²) in [5.41, 5.74) is 1.11. The van der Waals surface area contributed by atoms with Crippen LogP contribution in [0.5, 0.6) is 0 Å². The summed E-state index contributed by atoms with van der Waals surface area (Å²) in [6, 6.07) is 0.385. The zero-order valence-electron chi connectivity index (χ0n) is 14.1. The molecule has 2 fully saturated rings. The first-order valence-electron chi connectivity index (χ1n) is 8.97. The van der Waals surface area contributed by atoms with Gasteiger partial charge in [0.1, 0.15) is 5.82 Å². The second-order valence-corrected chi connectivity index (χ2v) is 7.53. The van der Waals surface area contributed by atoms with Crippen molar-refractivity contribution in [2.45, 2.75) is 58.0 Å². The predicted molar refractivity (Wildman–Crippen MR) is 92.6 cm³/mol. The molecule has 0 aromatic carbocycles. The maximum absolute atomic E-state index is 9.89. The van der Waals surface area contributed by atoms with E-state index >= 15 is 0 Å². The Hall–Kier alpha value is -0.620. The van der Waals surface area contributed by atoms with Gasteiger partial charge < -0.3 is 15.4 Å². The maximum atomic E-state index is 9.89. The van der Waals surface area contributed by atoms with Gasteiger partial charge in [0.15, 0.2) is 5.15 Å². The summed E-state index contributed by atoms with van der Waals surface area (Å²) >= 11 is 6.31. The average Bonchev–Trinajstić information content (AvgIpc) is 2.92. The molecule has 3 N–H and O–H groups in total. The maximum Gasteiger partial charge on any atom is 0.151 e. The molecule has 130 valence electrons. The Morgan fingerprint density at radius 1 is 1.43 bits per heavy atom. The second-order valence-electron chi connectivity index (χ2n) is 7.17. The molecule has 2 saturated heterocycles. The van der Waals surface area contributed by atoms with E-state index < -0.39 is 0 Å². The number of fused-ring (bicyclic) bond motifs is 1. The van der Waals surface area contributed by atoms with Crippen molar-refractivity contribution in [3.63, 3.8) is 0 Å². The van der Waals surface area contributed by atoms with Gasteiger partial charge in [0.2, 0.25) is 0 Å². The van der Waals surface area contributed by atoms with Gasteiger partial charge in [0.25, 0.3) is 0 Å². The molecule has 3 heterocycles. The van der Waals surface area contributed by atoms with Crippen LogP contribution in [0.3, 0.4) is 0 Å². The van der Waals surface area contributed by atoms with E-state index in [9.17, 15) is 5.11 Å². The topological polar surface area (TPSA) is 64.2 Å². The average molecular weight is 341 g/mol. The lowest BCUT2D eigenvalue weighted by molar-refractivity contribution is -0.0153. The fourth-order valence-corrected chi connectivity index (χ4v) is 4.25. The summed E-state index contributed by atoms with van der Waals surface area (Å²) in [6.45, 7) is 6.34. The van der Waals surface area contributed by atoms with Crippen molar-refractivity contribution < 1.29 is 5.11 Å². The van der Waals surface area contributed by atoms with Crippen molar-refractivity contribution in [1.82, 2.24) is 20.2 Å². The summed E-state index contributed by atoms with van der Waals surface area (Å²) in [4.78, 5) is 10.3. The summed E-state index contributed by atoms with van der Waals surface area (Å²) in [5, 5.41) is 14.1. The van der Waals surface area contributed by atoms with Crippen LogP contribution < -0.4 is 5.32 Å². The van der Waals surface area contributed by atoms with Crippen molar-refractivity contribution in [1.29, 1.82) is 0 Å². The third-order valence-electron chi connectivity index (χ3n) is 5.59. The molecule has 1 aromatic rings. The molecule has 0 saturated carbocycles. The number of piperidine rings is 2. The molecular weight excluding hydrogens is 312 g/mol. The summed E-state index contributed by atoms with van der Waals surface area (Å²) < 4.78 is 0. The van der Waals surface area contributed by atoms with Crippen LogP contribution in [0.1, 0.15) is 50.5 Å². The SMILES string of the molecule is CCCCc1nc(Cl)c(CN2CC[C@@]3(CO)CCCN[C@@H]3C2)[nH]1. The highest BCUT2D eigenvalue weighted by atomic mass is 35.5. The lowest BCUT2D eigenvalue weighted by Crippen LogP contribution is -2.61. The number of nitrogens with zero attached hydrogens (tertiary/aromatic N) is 2. The van der Waals surface area contributed by atoms with Crippen LogP contribution in [0.25, 0.3) is 0 Å². The Kier molecular flexibility index (Phi) is 5.62. The standard InChI is InChI=1S/C17H29ClN4O/c1-2-3-5-15-20-13(16(18)21-15)10-22-9-7-17(12-23)6-4-8-19-14(17)11-22/h14,19,23H,2-12H2,1H3,(H,20,21)/t14-,17-/m1/s1. The largest absolute Gasteiger partial charge is 0.396 e. The number of aliphatic hydroxyl groups excluding tert-OH is 1. The Labute approximate surface area is 143 Å². The van der Waals surface area contributed by atoms with Crippen LogP contribution >= 0.6 is 11.6 Å². The lowest BCUT2D eigenvalue weighted by Gasteiger charge is -2.50. The molecule has 0 radical (unpaired) electrons. The van der Waals surface area contributed by atoms with E-state index in [1.165, 1.54) is 6.42 Å². The van der Waals surface area contributed by atoms with Gasteiger partial charge in [-0.05, 0) is 38.8 Å². The third-order valence-corrected chi connectivity index (χ3v) is 5.90. The van der Waals surface area contributed by atoms with E-state index in [1.54, 1.807) is 0 Å². The molecular formula is C17H29ClN4O. The van der Waals surface area contributed by atoms with E-state index in [0.29, 0.717) is 17.8 Å². The molecule has 0 amide bonds. The van der Waals surface area contributed by atoms with Gasteiger partial charge in [-0.2, -0.15) is 0 Å². The normalized spacial score (nSPS) is 28.7. The van der Waals surface area contributed by atoms with Crippen molar-refractivity contribution in [3.05, 3.63) is 16.7 Å². The Balaban J connectivity index is 1.62.